The van der Waals surface area contributed by atoms with Gasteiger partial charge in [0.05, 0.1) is 13.0 Å². The minimum absolute atomic E-state index is 0.216. The second-order valence-corrected chi connectivity index (χ2v) is 6.56. The van der Waals surface area contributed by atoms with Crippen LogP contribution in [0, 0.1) is 0 Å². The number of nitrogens with zero attached hydrogens (tertiary/aromatic N) is 2. The van der Waals surface area contributed by atoms with Gasteiger partial charge in [-0.3, -0.25) is 4.79 Å². The third-order valence-corrected chi connectivity index (χ3v) is 4.33. The number of nitrogens with one attached hydrogen (secondary N) is 2. The summed E-state index contributed by atoms with van der Waals surface area (Å²) in [5, 5.41) is 13.3. The Balaban J connectivity index is 1.38. The molecule has 10 heteroatoms. The second-order valence-electron chi connectivity index (χ2n) is 6.56. The molecule has 2 heterocycles. The lowest BCUT2D eigenvalue weighted by Gasteiger charge is -2.08. The molecule has 3 aromatic rings. The number of carbonyl (C=O) groups is 2. The molecule has 0 fully saturated rings. The Labute approximate surface area is 177 Å². The first kappa shape index (κ1) is 20.2. The minimum atomic E-state index is -0.528. The molecule has 2 aromatic carbocycles. The van der Waals surface area contributed by atoms with Crippen LogP contribution in [0.15, 0.2) is 46.9 Å². The van der Waals surface area contributed by atoms with Crippen LogP contribution in [0.25, 0.3) is 11.5 Å². The Morgan fingerprint density at radius 1 is 1.10 bits per heavy atom. The summed E-state index contributed by atoms with van der Waals surface area (Å²) in [5.41, 5.74) is 2.11. The Morgan fingerprint density at radius 3 is 2.84 bits per heavy atom. The fourth-order valence-electron chi connectivity index (χ4n) is 2.94. The molecule has 2 N–H and O–H groups in total. The van der Waals surface area contributed by atoms with Gasteiger partial charge in [-0.2, -0.15) is 0 Å². The fraction of sp³-hybridized carbons (Fsp3) is 0.238. The van der Waals surface area contributed by atoms with E-state index in [4.69, 9.17) is 18.6 Å². The highest BCUT2D eigenvalue weighted by Crippen LogP contribution is 2.33. The number of benzene rings is 2. The van der Waals surface area contributed by atoms with Gasteiger partial charge in [0.1, 0.15) is 6.54 Å². The van der Waals surface area contributed by atoms with E-state index >= 15 is 0 Å². The minimum Gasteiger partial charge on any atom is -0.465 e. The number of aromatic nitrogens is 2. The number of hydrogen-bond donors (Lipinski definition) is 2. The van der Waals surface area contributed by atoms with Crippen LogP contribution >= 0.6 is 0 Å². The molecule has 0 spiro atoms. The Hall–Kier alpha value is -4.08. The average molecular weight is 424 g/mol. The Kier molecular flexibility index (Phi) is 5.97. The molecule has 1 aromatic heterocycles. The van der Waals surface area contributed by atoms with Crippen LogP contribution < -0.4 is 20.1 Å². The maximum atomic E-state index is 12.0. The van der Waals surface area contributed by atoms with Gasteiger partial charge in [-0.25, -0.2) is 4.79 Å². The molecule has 0 bridgehead atoms. The number of fused-ring (bicyclic) bond motifs is 1. The van der Waals surface area contributed by atoms with E-state index in [-0.39, 0.29) is 19.9 Å². The van der Waals surface area contributed by atoms with Gasteiger partial charge >= 0.3 is 12.0 Å². The molecule has 31 heavy (non-hydrogen) atoms. The number of ether oxygens (including phenoxy) is 3. The lowest BCUT2D eigenvalue weighted by Crippen LogP contribution is -2.34. The van der Waals surface area contributed by atoms with Crippen molar-refractivity contribution >= 4 is 17.7 Å². The normalized spacial score (nSPS) is 11.8. The maximum Gasteiger partial charge on any atom is 0.325 e. The van der Waals surface area contributed by atoms with Crippen molar-refractivity contribution in [2.24, 2.45) is 0 Å². The molecule has 1 aliphatic heterocycles. The number of amides is 2. The Morgan fingerprint density at radius 2 is 1.97 bits per heavy atom. The predicted molar refractivity (Wildman–Crippen MR) is 109 cm³/mol. The van der Waals surface area contributed by atoms with Gasteiger partial charge in [-0.1, -0.05) is 12.1 Å². The van der Waals surface area contributed by atoms with Gasteiger partial charge in [0.15, 0.2) is 11.5 Å². The number of hydrogen-bond acceptors (Lipinski definition) is 8. The van der Waals surface area contributed by atoms with E-state index in [0.717, 1.165) is 5.56 Å². The summed E-state index contributed by atoms with van der Waals surface area (Å²) in [4.78, 5) is 23.3. The largest absolute Gasteiger partial charge is 0.465 e. The molecule has 2 amide bonds. The topological polar surface area (TPSA) is 125 Å². The molecule has 10 nitrogen and oxygen atoms in total. The molecule has 1 aliphatic rings. The highest BCUT2D eigenvalue weighted by atomic mass is 16.7. The van der Waals surface area contributed by atoms with E-state index in [1.807, 2.05) is 18.2 Å². The van der Waals surface area contributed by atoms with Gasteiger partial charge in [-0.15, -0.1) is 10.2 Å². The van der Waals surface area contributed by atoms with E-state index in [0.29, 0.717) is 41.0 Å². The van der Waals surface area contributed by atoms with Crippen molar-refractivity contribution in [2.75, 3.05) is 25.3 Å². The molecule has 4 rings (SSSR count). The van der Waals surface area contributed by atoms with Crippen molar-refractivity contribution in [1.82, 2.24) is 15.5 Å². The highest BCUT2D eigenvalue weighted by Gasteiger charge is 2.15. The van der Waals surface area contributed by atoms with Crippen molar-refractivity contribution in [3.63, 3.8) is 0 Å². The second kappa shape index (κ2) is 9.16. The highest BCUT2D eigenvalue weighted by molar-refractivity contribution is 5.91. The standard InChI is InChI=1S/C21H20N4O6/c1-2-28-19(26)11-22-21(27)23-15-5-3-4-14(10-15)20-25-24-18(31-20)9-13-6-7-16-17(8-13)30-12-29-16/h3-8,10H,2,9,11-12H2,1H3,(H2,22,23,27). The lowest BCUT2D eigenvalue weighted by atomic mass is 10.1. The monoisotopic (exact) mass is 424 g/mol. The molecular weight excluding hydrogens is 404 g/mol. The molecule has 0 saturated heterocycles. The SMILES string of the molecule is CCOC(=O)CNC(=O)Nc1cccc(-c2nnc(Cc3ccc4c(c3)OCO4)o2)c1. The van der Waals surface area contributed by atoms with Crippen molar-refractivity contribution in [1.29, 1.82) is 0 Å². The van der Waals surface area contributed by atoms with Crippen molar-refractivity contribution in [2.45, 2.75) is 13.3 Å². The van der Waals surface area contributed by atoms with Gasteiger partial charge in [0, 0.05) is 11.3 Å². The molecule has 0 saturated carbocycles. The van der Waals surface area contributed by atoms with Crippen LogP contribution in [-0.2, 0) is 16.0 Å². The molecule has 0 aliphatic carbocycles. The summed E-state index contributed by atoms with van der Waals surface area (Å²) in [5.74, 6) is 1.67. The van der Waals surface area contributed by atoms with Crippen molar-refractivity contribution < 1.29 is 28.2 Å². The van der Waals surface area contributed by atoms with Gasteiger partial charge in [0.25, 0.3) is 0 Å². The zero-order valence-electron chi connectivity index (χ0n) is 16.7. The third kappa shape index (κ3) is 5.10. The maximum absolute atomic E-state index is 12.0. The van der Waals surface area contributed by atoms with Crippen LogP contribution in [0.3, 0.4) is 0 Å². The van der Waals surface area contributed by atoms with E-state index in [2.05, 4.69) is 20.8 Å². The van der Waals surface area contributed by atoms with E-state index in [9.17, 15) is 9.59 Å². The van der Waals surface area contributed by atoms with Crippen LogP contribution in [0.1, 0.15) is 18.4 Å². The van der Waals surface area contributed by atoms with E-state index in [1.54, 1.807) is 31.2 Å². The number of urea groups is 1. The summed E-state index contributed by atoms with van der Waals surface area (Å²) >= 11 is 0. The number of carbonyl (C=O) groups excluding carboxylic acids is 2. The first-order chi connectivity index (χ1) is 15.1. The summed E-state index contributed by atoms with van der Waals surface area (Å²) in [6.07, 6.45) is 0.442. The number of anilines is 1. The van der Waals surface area contributed by atoms with Crippen LogP contribution in [0.5, 0.6) is 11.5 Å². The quantitative estimate of drug-likeness (QED) is 0.555. The zero-order valence-corrected chi connectivity index (χ0v) is 16.7. The fourth-order valence-corrected chi connectivity index (χ4v) is 2.94. The third-order valence-electron chi connectivity index (χ3n) is 4.33. The average Bonchev–Trinajstić information content (AvgIpc) is 3.42. The van der Waals surface area contributed by atoms with Crippen LogP contribution in [-0.4, -0.2) is 42.1 Å². The molecule has 160 valence electrons. The first-order valence-corrected chi connectivity index (χ1v) is 9.62. The zero-order chi connectivity index (χ0) is 21.6. The summed E-state index contributed by atoms with van der Waals surface area (Å²) in [7, 11) is 0. The van der Waals surface area contributed by atoms with Crippen LogP contribution in [0.4, 0.5) is 10.5 Å². The number of esters is 1. The molecule has 0 atom stereocenters. The Bertz CT molecular complexity index is 1100. The summed E-state index contributed by atoms with van der Waals surface area (Å²) in [6, 6.07) is 12.1. The summed E-state index contributed by atoms with van der Waals surface area (Å²) < 4.78 is 21.2. The van der Waals surface area contributed by atoms with Gasteiger partial charge in [-0.05, 0) is 42.8 Å². The lowest BCUT2D eigenvalue weighted by molar-refractivity contribution is -0.141. The van der Waals surface area contributed by atoms with Crippen molar-refractivity contribution in [3.8, 4) is 23.0 Å². The molecule has 0 unspecified atom stereocenters. The molecule has 0 radical (unpaired) electrons. The molecular formula is C21H20N4O6. The smallest absolute Gasteiger partial charge is 0.325 e. The van der Waals surface area contributed by atoms with Gasteiger partial charge in [0.2, 0.25) is 18.6 Å². The predicted octanol–water partition coefficient (Wildman–Crippen LogP) is 2.74. The van der Waals surface area contributed by atoms with Gasteiger partial charge < -0.3 is 29.3 Å². The van der Waals surface area contributed by atoms with Crippen molar-refractivity contribution in [3.05, 3.63) is 53.9 Å². The number of rotatable bonds is 7. The van der Waals surface area contributed by atoms with Crippen LogP contribution in [0.2, 0.25) is 0 Å². The summed E-state index contributed by atoms with van der Waals surface area (Å²) in [6.45, 7) is 1.95. The first-order valence-electron chi connectivity index (χ1n) is 9.62. The van der Waals surface area contributed by atoms with E-state index in [1.165, 1.54) is 0 Å². The van der Waals surface area contributed by atoms with E-state index < -0.39 is 12.0 Å².